The van der Waals surface area contributed by atoms with E-state index in [0.717, 1.165) is 0 Å². The van der Waals surface area contributed by atoms with Crippen LogP contribution in [0.25, 0.3) is 0 Å². The van der Waals surface area contributed by atoms with Gasteiger partial charge in [0.1, 0.15) is 0 Å². The fraction of sp³-hybridized carbons (Fsp3) is 0.304. The van der Waals surface area contributed by atoms with Crippen LogP contribution >= 0.6 is 34.8 Å². The second kappa shape index (κ2) is 9.47. The number of Topliss-reactive ketones (excluding diaryl/α,β-unsaturated/α-hetero) is 1. The molecule has 8 heteroatoms. The summed E-state index contributed by atoms with van der Waals surface area (Å²) in [6.07, 6.45) is 3.21. The van der Waals surface area contributed by atoms with E-state index in [9.17, 15) is 4.79 Å². The maximum atomic E-state index is 12.4. The summed E-state index contributed by atoms with van der Waals surface area (Å²) in [5, 5.41) is 2.25. The molecule has 2 aromatic carbocycles. The molecule has 0 amide bonds. The highest BCUT2D eigenvalue weighted by molar-refractivity contribution is 6.99. The average molecular weight is 496 g/mol. The summed E-state index contributed by atoms with van der Waals surface area (Å²) in [6, 6.07) is 20.8. The van der Waals surface area contributed by atoms with Crippen LogP contribution in [0, 0.1) is 0 Å². The van der Waals surface area contributed by atoms with Gasteiger partial charge in [-0.1, -0.05) is 116 Å². The van der Waals surface area contributed by atoms with Crippen molar-refractivity contribution >= 4 is 59.3 Å². The van der Waals surface area contributed by atoms with E-state index in [1.807, 2.05) is 36.4 Å². The van der Waals surface area contributed by atoms with Gasteiger partial charge in [0.25, 0.3) is 12.1 Å². The number of ketones is 1. The number of halogens is 3. The Balaban J connectivity index is 1.95. The predicted octanol–water partition coefficient (Wildman–Crippen LogP) is 5.01. The van der Waals surface area contributed by atoms with Crippen molar-refractivity contribution in [2.24, 2.45) is 0 Å². The highest BCUT2D eigenvalue weighted by Gasteiger charge is 2.50. The van der Waals surface area contributed by atoms with Gasteiger partial charge < -0.3 is 8.99 Å². The van der Waals surface area contributed by atoms with Crippen LogP contribution in [0.15, 0.2) is 73.1 Å². The maximum absolute atomic E-state index is 12.4. The molecule has 0 fully saturated rings. The smallest absolute Gasteiger partial charge is 0.261 e. The van der Waals surface area contributed by atoms with Crippen molar-refractivity contribution in [2.75, 3.05) is 6.61 Å². The molecule has 0 radical (unpaired) electrons. The van der Waals surface area contributed by atoms with Crippen molar-refractivity contribution in [3.63, 3.8) is 0 Å². The fourth-order valence-corrected chi connectivity index (χ4v) is 8.69. The van der Waals surface area contributed by atoms with Gasteiger partial charge >= 0.3 is 0 Å². The molecule has 0 atom stereocenters. The Morgan fingerprint density at radius 3 is 1.94 bits per heavy atom. The van der Waals surface area contributed by atoms with E-state index >= 15 is 0 Å². The first kappa shape index (κ1) is 24.0. The van der Waals surface area contributed by atoms with Crippen molar-refractivity contribution < 1.29 is 9.22 Å². The lowest BCUT2D eigenvalue weighted by molar-refractivity contribution is 0.0981. The molecule has 164 valence electrons. The van der Waals surface area contributed by atoms with Crippen molar-refractivity contribution in [3.8, 4) is 0 Å². The Labute approximate surface area is 199 Å². The van der Waals surface area contributed by atoms with Gasteiger partial charge in [-0.05, 0) is 15.4 Å². The van der Waals surface area contributed by atoms with Crippen LogP contribution in [0.3, 0.4) is 0 Å². The summed E-state index contributed by atoms with van der Waals surface area (Å²) < 4.78 is 6.46. The van der Waals surface area contributed by atoms with E-state index in [4.69, 9.17) is 39.2 Å². The van der Waals surface area contributed by atoms with E-state index in [2.05, 4.69) is 50.0 Å². The van der Waals surface area contributed by atoms with Crippen LogP contribution in [-0.4, -0.2) is 34.1 Å². The minimum atomic E-state index is -2.66. The zero-order valence-corrected chi connectivity index (χ0v) is 21.0. The Hall–Kier alpha value is -1.63. The molecule has 3 rings (SSSR count). The molecule has 31 heavy (non-hydrogen) atoms. The van der Waals surface area contributed by atoms with Gasteiger partial charge in [0.05, 0.1) is 6.61 Å². The van der Waals surface area contributed by atoms with E-state index in [0.29, 0.717) is 13.2 Å². The highest BCUT2D eigenvalue weighted by atomic mass is 35.6. The minimum Gasteiger partial charge on any atom is -0.406 e. The molecule has 4 nitrogen and oxygen atoms in total. The van der Waals surface area contributed by atoms with Gasteiger partial charge in [-0.25, -0.2) is 4.98 Å². The van der Waals surface area contributed by atoms with Crippen LogP contribution in [0.2, 0.25) is 5.04 Å². The van der Waals surface area contributed by atoms with Crippen molar-refractivity contribution in [1.29, 1.82) is 0 Å². The quantitative estimate of drug-likeness (QED) is 0.263. The molecule has 0 bridgehead atoms. The van der Waals surface area contributed by atoms with E-state index in [1.165, 1.54) is 16.6 Å². The molecule has 3 aromatic rings. The largest absolute Gasteiger partial charge is 0.406 e. The predicted molar refractivity (Wildman–Crippen MR) is 130 cm³/mol. The van der Waals surface area contributed by atoms with Gasteiger partial charge in [-0.15, -0.1) is 0 Å². The highest BCUT2D eigenvalue weighted by Crippen LogP contribution is 2.36. The van der Waals surface area contributed by atoms with Crippen molar-refractivity contribution in [1.82, 2.24) is 9.55 Å². The molecular weight excluding hydrogens is 471 g/mol. The number of alkyl halides is 3. The minimum absolute atomic E-state index is 0.103. The normalized spacial score (nSPS) is 12.7. The summed E-state index contributed by atoms with van der Waals surface area (Å²) in [5.41, 5.74) is 0. The van der Waals surface area contributed by atoms with E-state index in [-0.39, 0.29) is 10.9 Å². The lowest BCUT2D eigenvalue weighted by Gasteiger charge is -2.43. The summed E-state index contributed by atoms with van der Waals surface area (Å²) in [6.45, 7) is 7.44. The SMILES string of the molecule is CC(C)(C)[Si](OCCn1ccnc1C(=O)C(Cl)(Cl)Cl)(c1ccccc1)c1ccccc1. The zero-order chi connectivity index (χ0) is 22.7. The number of aromatic nitrogens is 2. The van der Waals surface area contributed by atoms with Gasteiger partial charge in [0, 0.05) is 18.9 Å². The van der Waals surface area contributed by atoms with Crippen LogP contribution in [-0.2, 0) is 11.0 Å². The Kier molecular flexibility index (Phi) is 7.34. The van der Waals surface area contributed by atoms with Crippen LogP contribution in [0.1, 0.15) is 31.4 Å². The van der Waals surface area contributed by atoms with Crippen molar-refractivity contribution in [3.05, 3.63) is 78.9 Å². The average Bonchev–Trinajstić information content (AvgIpc) is 3.18. The number of nitrogens with zero attached hydrogens (tertiary/aromatic N) is 2. The first-order valence-corrected chi connectivity index (χ1v) is 13.0. The second-order valence-corrected chi connectivity index (χ2v) is 14.9. The molecular formula is C23H25Cl3N2O2Si. The molecule has 0 N–H and O–H groups in total. The Bertz CT molecular complexity index is 973. The second-order valence-electron chi connectivity index (χ2n) is 8.28. The van der Waals surface area contributed by atoms with Crippen molar-refractivity contribution in [2.45, 2.75) is 36.1 Å². The van der Waals surface area contributed by atoms with Crippen LogP contribution in [0.5, 0.6) is 0 Å². The van der Waals surface area contributed by atoms with Gasteiger partial charge in [0.2, 0.25) is 5.78 Å². The van der Waals surface area contributed by atoms with Gasteiger partial charge in [0.15, 0.2) is 5.82 Å². The Morgan fingerprint density at radius 2 is 1.48 bits per heavy atom. The summed E-state index contributed by atoms with van der Waals surface area (Å²) in [7, 11) is -2.66. The number of rotatable bonds is 7. The number of carbonyl (C=O) groups is 1. The molecule has 1 aromatic heterocycles. The summed E-state index contributed by atoms with van der Waals surface area (Å²) in [5.74, 6) is -0.556. The first-order chi connectivity index (χ1) is 14.6. The van der Waals surface area contributed by atoms with Gasteiger partial charge in [-0.2, -0.15) is 0 Å². The molecule has 0 unspecified atom stereocenters. The summed E-state index contributed by atoms with van der Waals surface area (Å²) in [4.78, 5) is 16.5. The molecule has 0 aliphatic carbocycles. The number of imidazole rings is 1. The molecule has 0 aliphatic heterocycles. The lowest BCUT2D eigenvalue weighted by Crippen LogP contribution is -2.66. The third-order valence-corrected chi connectivity index (χ3v) is 10.8. The number of hydrogen-bond donors (Lipinski definition) is 0. The molecule has 1 heterocycles. The lowest BCUT2D eigenvalue weighted by atomic mass is 10.2. The third kappa shape index (κ3) is 5.07. The molecule has 0 saturated carbocycles. The maximum Gasteiger partial charge on any atom is 0.261 e. The molecule has 0 aliphatic rings. The Morgan fingerprint density at radius 1 is 0.968 bits per heavy atom. The number of benzene rings is 2. The van der Waals surface area contributed by atoms with Crippen LogP contribution < -0.4 is 10.4 Å². The summed E-state index contributed by atoms with van der Waals surface area (Å²) >= 11 is 17.3. The zero-order valence-electron chi connectivity index (χ0n) is 17.7. The monoisotopic (exact) mass is 494 g/mol. The molecule has 0 saturated heterocycles. The third-order valence-electron chi connectivity index (χ3n) is 5.24. The first-order valence-electron chi connectivity index (χ1n) is 9.95. The standard InChI is InChI=1S/C23H25Cl3N2O2Si/c1-22(2,3)31(18-10-6-4-7-11-18,19-12-8-5-9-13-19)30-17-16-28-15-14-27-21(28)20(29)23(24,25)26/h4-15H,16-17H2,1-3H3. The van der Waals surface area contributed by atoms with E-state index < -0.39 is 17.9 Å². The topological polar surface area (TPSA) is 44.1 Å². The molecule has 0 spiro atoms. The fourth-order valence-electron chi connectivity index (χ4n) is 3.88. The van der Waals surface area contributed by atoms with Crippen LogP contribution in [0.4, 0.5) is 0 Å². The van der Waals surface area contributed by atoms with E-state index in [1.54, 1.807) is 10.8 Å². The number of hydrogen-bond acceptors (Lipinski definition) is 3. The van der Waals surface area contributed by atoms with Gasteiger partial charge in [-0.3, -0.25) is 4.79 Å². The number of carbonyl (C=O) groups excluding carboxylic acids is 1.